The summed E-state index contributed by atoms with van der Waals surface area (Å²) in [4.78, 5) is 13.3. The summed E-state index contributed by atoms with van der Waals surface area (Å²) in [6.45, 7) is 2.65. The van der Waals surface area contributed by atoms with Gasteiger partial charge in [0.05, 0.1) is 32.0 Å². The SMILES string of the molecule is CC/C=C\C/C=C\C/C=C\C/C=C\C/C=C\C/C=C\C/C=C\C/C=C\CCCCCCCCCCC(=O)NC(COC1OC(CO)C(OC2OC(CO)C(O)C(O)C2O)C(O)C1O)C(O)/C=C/CC/C=C/CC/C=C/CCCCCCCCCCCC. The smallest absolute Gasteiger partial charge is 0.220 e. The summed E-state index contributed by atoms with van der Waals surface area (Å²) in [5.41, 5.74) is 0. The summed E-state index contributed by atoms with van der Waals surface area (Å²) >= 11 is 0. The lowest BCUT2D eigenvalue weighted by atomic mass is 9.97. The average Bonchev–Trinajstić information content (AvgIpc) is 2.59. The zero-order chi connectivity index (χ0) is 63.1. The van der Waals surface area contributed by atoms with E-state index in [0.29, 0.717) is 12.8 Å². The number of unbranched alkanes of at least 4 members (excludes halogenated alkanes) is 20. The fourth-order valence-electron chi connectivity index (χ4n) is 10.2. The molecular weight excluding hydrogens is 1100 g/mol. The third kappa shape index (κ3) is 40.5. The number of ether oxygens (including phenoxy) is 4. The Morgan fingerprint density at radius 1 is 0.425 bits per heavy atom. The molecule has 496 valence electrons. The molecule has 2 rings (SSSR count). The minimum absolute atomic E-state index is 0.251. The molecule has 0 aromatic rings. The van der Waals surface area contributed by atoms with Gasteiger partial charge in [-0.2, -0.15) is 0 Å². The Bertz CT molecular complexity index is 1970. The number of hydrogen-bond acceptors (Lipinski definition) is 13. The first kappa shape index (κ1) is 79.2. The summed E-state index contributed by atoms with van der Waals surface area (Å²) in [7, 11) is 0. The molecule has 0 aromatic carbocycles. The molecule has 14 heteroatoms. The van der Waals surface area contributed by atoms with Gasteiger partial charge in [0.1, 0.15) is 48.8 Å². The van der Waals surface area contributed by atoms with Crippen LogP contribution in [0.4, 0.5) is 0 Å². The van der Waals surface area contributed by atoms with E-state index in [1.807, 2.05) is 6.08 Å². The highest BCUT2D eigenvalue weighted by atomic mass is 16.7. The van der Waals surface area contributed by atoms with E-state index in [1.54, 1.807) is 6.08 Å². The minimum atomic E-state index is -1.80. The number of carbonyl (C=O) groups excluding carboxylic acids is 1. The molecule has 12 atom stereocenters. The maximum Gasteiger partial charge on any atom is 0.220 e. The number of amides is 1. The molecule has 0 bridgehead atoms. The van der Waals surface area contributed by atoms with Gasteiger partial charge in [-0.05, 0) is 109 Å². The molecule has 2 saturated heterocycles. The number of nitrogens with one attached hydrogen (secondary N) is 1. The third-order valence-corrected chi connectivity index (χ3v) is 15.5. The van der Waals surface area contributed by atoms with Crippen LogP contribution in [0.5, 0.6) is 0 Å². The van der Waals surface area contributed by atoms with E-state index in [2.05, 4.69) is 141 Å². The second-order valence-corrected chi connectivity index (χ2v) is 23.2. The van der Waals surface area contributed by atoms with Gasteiger partial charge in [-0.25, -0.2) is 0 Å². The highest BCUT2D eigenvalue weighted by Gasteiger charge is 2.51. The zero-order valence-electron chi connectivity index (χ0n) is 53.7. The predicted molar refractivity (Wildman–Crippen MR) is 355 cm³/mol. The first-order chi connectivity index (χ1) is 42.6. The molecule has 0 saturated carbocycles. The van der Waals surface area contributed by atoms with Gasteiger partial charge in [0.2, 0.25) is 5.91 Å². The van der Waals surface area contributed by atoms with Gasteiger partial charge < -0.3 is 65.1 Å². The predicted octanol–water partition coefficient (Wildman–Crippen LogP) is 13.5. The van der Waals surface area contributed by atoms with Gasteiger partial charge in [-0.3, -0.25) is 4.79 Å². The summed E-state index contributed by atoms with van der Waals surface area (Å²) in [5, 5.41) is 87.3. The Morgan fingerprint density at radius 2 is 0.805 bits per heavy atom. The molecule has 0 aromatic heterocycles. The van der Waals surface area contributed by atoms with Crippen molar-refractivity contribution in [3.63, 3.8) is 0 Å². The van der Waals surface area contributed by atoms with Gasteiger partial charge in [0.15, 0.2) is 12.6 Å². The fraction of sp³-hybridized carbons (Fsp3) is 0.685. The molecule has 87 heavy (non-hydrogen) atoms. The van der Waals surface area contributed by atoms with Gasteiger partial charge in [-0.1, -0.05) is 244 Å². The molecule has 2 heterocycles. The van der Waals surface area contributed by atoms with Crippen LogP contribution in [0.2, 0.25) is 0 Å². The number of hydrogen-bond donors (Lipinski definition) is 9. The first-order valence-electron chi connectivity index (χ1n) is 33.9. The van der Waals surface area contributed by atoms with E-state index in [4.69, 9.17) is 18.9 Å². The molecule has 12 unspecified atom stereocenters. The molecule has 14 nitrogen and oxygen atoms in total. The lowest BCUT2D eigenvalue weighted by Gasteiger charge is -2.46. The molecule has 2 aliphatic rings. The highest BCUT2D eigenvalue weighted by molar-refractivity contribution is 5.76. The largest absolute Gasteiger partial charge is 0.394 e. The third-order valence-electron chi connectivity index (χ3n) is 15.5. The van der Waals surface area contributed by atoms with Crippen LogP contribution in [0.15, 0.2) is 134 Å². The first-order valence-corrected chi connectivity index (χ1v) is 33.9. The minimum Gasteiger partial charge on any atom is -0.394 e. The topological polar surface area (TPSA) is 228 Å². The second kappa shape index (κ2) is 56.1. The summed E-state index contributed by atoms with van der Waals surface area (Å²) < 4.78 is 22.8. The summed E-state index contributed by atoms with van der Waals surface area (Å²) in [6, 6.07) is -0.953. The molecule has 2 aliphatic heterocycles. The lowest BCUT2D eigenvalue weighted by molar-refractivity contribution is -0.359. The van der Waals surface area contributed by atoms with Crippen molar-refractivity contribution in [1.82, 2.24) is 5.32 Å². The zero-order valence-corrected chi connectivity index (χ0v) is 53.7. The standard InChI is InChI=1S/C73H121NO13/c1-3-5-7-9-11-13-15-17-19-21-23-25-26-27-28-29-30-31-32-33-34-35-36-37-39-41-43-45-47-49-51-53-55-57-65(78)74-61(62(77)56-54-52-50-48-46-44-42-40-38-24-22-20-18-16-14-12-10-8-6-4-2)60-84-72-70(83)68(81)71(64(59-76)86-72)87-73-69(82)67(80)66(79)63(58-75)85-73/h5,7,11,13,17,19,23,25,27-28,30-31,33-34,36-38,40,46,48,54,56,61-64,66-73,75-77,79-83H,3-4,6,8-10,12,14-16,18,20-22,24,26,29,32,35,39,41-45,47,49-53,55,57-60H2,1-2H3,(H,74,78)/b7-5-,13-11-,19-17-,25-23-,28-27-,31-30-,34-33-,37-36-,40-38+,48-46+,56-54+. The normalized spacial score (nSPS) is 24.2. The van der Waals surface area contributed by atoms with Crippen molar-refractivity contribution in [2.75, 3.05) is 19.8 Å². The van der Waals surface area contributed by atoms with Crippen molar-refractivity contribution in [1.29, 1.82) is 0 Å². The second-order valence-electron chi connectivity index (χ2n) is 23.2. The van der Waals surface area contributed by atoms with E-state index in [1.165, 1.54) is 83.5 Å². The molecule has 9 N–H and O–H groups in total. The van der Waals surface area contributed by atoms with Gasteiger partial charge in [0, 0.05) is 6.42 Å². The van der Waals surface area contributed by atoms with Crippen LogP contribution in [0, 0.1) is 0 Å². The number of aliphatic hydroxyl groups is 8. The molecule has 0 radical (unpaired) electrons. The molecule has 2 fully saturated rings. The lowest BCUT2D eigenvalue weighted by Crippen LogP contribution is -2.65. The molecule has 0 aliphatic carbocycles. The van der Waals surface area contributed by atoms with E-state index >= 15 is 0 Å². The van der Waals surface area contributed by atoms with Crippen molar-refractivity contribution >= 4 is 5.91 Å². The summed E-state index contributed by atoms with van der Waals surface area (Å²) in [6.07, 6.45) is 66.3. The Hall–Kier alpha value is -3.87. The van der Waals surface area contributed by atoms with Gasteiger partial charge in [0.25, 0.3) is 0 Å². The van der Waals surface area contributed by atoms with Crippen LogP contribution < -0.4 is 5.32 Å². The number of rotatable bonds is 53. The maximum atomic E-state index is 13.3. The van der Waals surface area contributed by atoms with Crippen LogP contribution in [0.25, 0.3) is 0 Å². The monoisotopic (exact) mass is 1220 g/mol. The van der Waals surface area contributed by atoms with Crippen LogP contribution in [-0.2, 0) is 23.7 Å². The van der Waals surface area contributed by atoms with Crippen molar-refractivity contribution in [3.05, 3.63) is 134 Å². The number of aliphatic hydroxyl groups excluding tert-OH is 8. The van der Waals surface area contributed by atoms with Crippen LogP contribution in [0.3, 0.4) is 0 Å². The average molecular weight is 1220 g/mol. The number of carbonyl (C=O) groups is 1. The molecular formula is C73H121NO13. The Labute approximate surface area is 526 Å². The quantitative estimate of drug-likeness (QED) is 0.0204. The van der Waals surface area contributed by atoms with E-state index in [0.717, 1.165) is 109 Å². The van der Waals surface area contributed by atoms with Gasteiger partial charge in [-0.15, -0.1) is 0 Å². The molecule has 0 spiro atoms. The van der Waals surface area contributed by atoms with Crippen LogP contribution >= 0.6 is 0 Å². The Kier molecular flexibility index (Phi) is 51.1. The summed E-state index contributed by atoms with van der Waals surface area (Å²) in [5.74, 6) is -0.267. The Morgan fingerprint density at radius 3 is 1.26 bits per heavy atom. The number of allylic oxidation sites excluding steroid dienone is 21. The van der Waals surface area contributed by atoms with Crippen molar-refractivity contribution in [2.24, 2.45) is 0 Å². The van der Waals surface area contributed by atoms with E-state index in [9.17, 15) is 45.6 Å². The fourth-order valence-corrected chi connectivity index (χ4v) is 10.2. The van der Waals surface area contributed by atoms with E-state index < -0.39 is 86.8 Å². The van der Waals surface area contributed by atoms with Crippen molar-refractivity contribution in [2.45, 2.75) is 299 Å². The van der Waals surface area contributed by atoms with E-state index in [-0.39, 0.29) is 18.9 Å². The Balaban J connectivity index is 1.72. The van der Waals surface area contributed by atoms with Crippen molar-refractivity contribution in [3.8, 4) is 0 Å². The molecule has 1 amide bonds. The van der Waals surface area contributed by atoms with Crippen LogP contribution in [-0.4, -0.2) is 140 Å². The van der Waals surface area contributed by atoms with Crippen molar-refractivity contribution < 1.29 is 64.6 Å². The van der Waals surface area contributed by atoms with Crippen LogP contribution in [0.1, 0.15) is 226 Å². The van der Waals surface area contributed by atoms with Gasteiger partial charge >= 0.3 is 0 Å². The highest BCUT2D eigenvalue weighted by Crippen LogP contribution is 2.30. The maximum absolute atomic E-state index is 13.3.